The number of amides is 2. The molecule has 0 unspecified atom stereocenters. The van der Waals surface area contributed by atoms with E-state index in [9.17, 15) is 9.59 Å². The third-order valence-corrected chi connectivity index (χ3v) is 7.78. The second kappa shape index (κ2) is 9.05. The summed E-state index contributed by atoms with van der Waals surface area (Å²) in [4.78, 5) is 31.0. The summed E-state index contributed by atoms with van der Waals surface area (Å²) in [5, 5.41) is 4.18. The van der Waals surface area contributed by atoms with E-state index in [1.165, 1.54) is 4.90 Å². The molecule has 1 N–H and O–H groups in total. The fraction of sp³-hybridized carbons (Fsp3) is 0.400. The predicted octanol–water partition coefficient (Wildman–Crippen LogP) is 5.09. The minimum absolute atomic E-state index is 0.108. The third kappa shape index (κ3) is 4.37. The number of aromatic nitrogens is 1. The highest BCUT2D eigenvalue weighted by molar-refractivity contribution is 7.19. The van der Waals surface area contributed by atoms with E-state index < -0.39 is 0 Å². The maximum atomic E-state index is 12.1. The van der Waals surface area contributed by atoms with Gasteiger partial charge < -0.3 is 10.1 Å². The summed E-state index contributed by atoms with van der Waals surface area (Å²) in [7, 11) is 0. The van der Waals surface area contributed by atoms with Crippen molar-refractivity contribution >= 4 is 45.0 Å². The fourth-order valence-electron chi connectivity index (χ4n) is 4.67. The first-order valence-electron chi connectivity index (χ1n) is 11.3. The Morgan fingerprint density at radius 2 is 2.00 bits per heavy atom. The smallest absolute Gasteiger partial charge is 0.230 e. The van der Waals surface area contributed by atoms with E-state index in [1.54, 1.807) is 17.5 Å². The number of hydrogen-bond donors (Lipinski definition) is 1. The maximum Gasteiger partial charge on any atom is 0.230 e. The van der Waals surface area contributed by atoms with Gasteiger partial charge >= 0.3 is 0 Å². The Kier molecular flexibility index (Phi) is 6.12. The quantitative estimate of drug-likeness (QED) is 0.494. The Morgan fingerprint density at radius 3 is 2.73 bits per heavy atom. The monoisotopic (exact) mass is 483 g/mol. The SMILES string of the molecule is CC[C@H]1C[C@H](Oc2c(C)cc(Cl)cc2-c2ccnc3cc(CN4C(=O)CCC4=O)sc23)CN1. The zero-order chi connectivity index (χ0) is 23.1. The molecular formula is C25H26ClN3O3S. The van der Waals surface area contributed by atoms with Crippen LogP contribution in [0.2, 0.25) is 5.02 Å². The molecule has 2 aliphatic rings. The Labute approximate surface area is 201 Å². The lowest BCUT2D eigenvalue weighted by molar-refractivity contribution is -0.138. The van der Waals surface area contributed by atoms with Crippen molar-refractivity contribution < 1.29 is 14.3 Å². The summed E-state index contributed by atoms with van der Waals surface area (Å²) in [6, 6.07) is 8.31. The molecule has 0 spiro atoms. The number of thiophene rings is 1. The molecule has 2 aliphatic heterocycles. The zero-order valence-corrected chi connectivity index (χ0v) is 20.3. The number of halogens is 1. The summed E-state index contributed by atoms with van der Waals surface area (Å²) in [5.74, 6) is 0.625. The molecule has 2 aromatic heterocycles. The van der Waals surface area contributed by atoms with Gasteiger partial charge in [0.15, 0.2) is 0 Å². The number of carbonyl (C=O) groups is 2. The van der Waals surface area contributed by atoms with Gasteiger partial charge in [-0.15, -0.1) is 11.3 Å². The molecule has 8 heteroatoms. The van der Waals surface area contributed by atoms with Gasteiger partial charge in [-0.2, -0.15) is 0 Å². The second-order valence-corrected chi connectivity index (χ2v) is 10.3. The predicted molar refractivity (Wildman–Crippen MR) is 131 cm³/mol. The van der Waals surface area contributed by atoms with Gasteiger partial charge in [0, 0.05) is 59.1 Å². The summed E-state index contributed by atoms with van der Waals surface area (Å²) in [5.41, 5.74) is 3.76. The topological polar surface area (TPSA) is 71.5 Å². The van der Waals surface area contributed by atoms with E-state index in [2.05, 4.69) is 17.2 Å². The van der Waals surface area contributed by atoms with Crippen molar-refractivity contribution in [3.8, 4) is 16.9 Å². The number of ether oxygens (including phenoxy) is 1. The number of pyridine rings is 1. The number of nitrogens with one attached hydrogen (secondary N) is 1. The van der Waals surface area contributed by atoms with Crippen molar-refractivity contribution in [2.75, 3.05) is 6.54 Å². The van der Waals surface area contributed by atoms with Crippen molar-refractivity contribution in [1.29, 1.82) is 0 Å². The van der Waals surface area contributed by atoms with Crippen molar-refractivity contribution in [3.05, 3.63) is 45.9 Å². The minimum atomic E-state index is -0.109. The van der Waals surface area contributed by atoms with Gasteiger partial charge in [0.25, 0.3) is 0 Å². The number of benzene rings is 1. The first-order chi connectivity index (χ1) is 15.9. The van der Waals surface area contributed by atoms with E-state index in [0.717, 1.165) is 56.9 Å². The molecule has 1 aromatic carbocycles. The molecule has 0 radical (unpaired) electrons. The molecule has 0 aliphatic carbocycles. The first-order valence-corrected chi connectivity index (χ1v) is 12.5. The minimum Gasteiger partial charge on any atom is -0.488 e. The third-order valence-electron chi connectivity index (χ3n) is 6.42. The molecule has 0 bridgehead atoms. The molecular weight excluding hydrogens is 458 g/mol. The largest absolute Gasteiger partial charge is 0.488 e. The fourth-order valence-corrected chi connectivity index (χ4v) is 6.07. The molecule has 33 heavy (non-hydrogen) atoms. The number of carbonyl (C=O) groups excluding carboxylic acids is 2. The average molecular weight is 484 g/mol. The summed E-state index contributed by atoms with van der Waals surface area (Å²) >= 11 is 8.03. The second-order valence-electron chi connectivity index (χ2n) is 8.75. The van der Waals surface area contributed by atoms with Gasteiger partial charge in [0.05, 0.1) is 16.8 Å². The molecule has 5 rings (SSSR count). The van der Waals surface area contributed by atoms with E-state index in [-0.39, 0.29) is 17.9 Å². The van der Waals surface area contributed by atoms with E-state index in [4.69, 9.17) is 16.3 Å². The van der Waals surface area contributed by atoms with Crippen LogP contribution in [0, 0.1) is 6.92 Å². The van der Waals surface area contributed by atoms with Crippen molar-refractivity contribution in [3.63, 3.8) is 0 Å². The van der Waals surface area contributed by atoms with Crippen LogP contribution in [0.5, 0.6) is 5.75 Å². The molecule has 2 amide bonds. The number of fused-ring (bicyclic) bond motifs is 1. The summed E-state index contributed by atoms with van der Waals surface area (Å²) in [6.07, 6.45) is 4.54. The molecule has 2 fully saturated rings. The molecule has 4 heterocycles. The zero-order valence-electron chi connectivity index (χ0n) is 18.7. The highest BCUT2D eigenvalue weighted by Crippen LogP contribution is 2.42. The molecule has 172 valence electrons. The molecule has 6 nitrogen and oxygen atoms in total. The highest BCUT2D eigenvalue weighted by Gasteiger charge is 2.30. The van der Waals surface area contributed by atoms with E-state index in [0.29, 0.717) is 30.5 Å². The maximum absolute atomic E-state index is 12.1. The van der Waals surface area contributed by atoms with Gasteiger partial charge in [-0.3, -0.25) is 19.5 Å². The molecule has 0 saturated carbocycles. The lowest BCUT2D eigenvalue weighted by atomic mass is 10.0. The number of rotatable bonds is 6. The van der Waals surface area contributed by atoms with Crippen LogP contribution >= 0.6 is 22.9 Å². The Balaban J connectivity index is 1.53. The van der Waals surface area contributed by atoms with Crippen LogP contribution in [-0.2, 0) is 16.1 Å². The molecule has 2 saturated heterocycles. The van der Waals surface area contributed by atoms with Gasteiger partial charge in [-0.25, -0.2) is 0 Å². The van der Waals surface area contributed by atoms with Crippen LogP contribution in [0.15, 0.2) is 30.5 Å². The van der Waals surface area contributed by atoms with Crippen molar-refractivity contribution in [1.82, 2.24) is 15.2 Å². The number of hydrogen-bond acceptors (Lipinski definition) is 6. The van der Waals surface area contributed by atoms with Gasteiger partial charge in [0.2, 0.25) is 11.8 Å². The van der Waals surface area contributed by atoms with E-state index in [1.807, 2.05) is 31.2 Å². The van der Waals surface area contributed by atoms with Crippen molar-refractivity contribution in [2.45, 2.75) is 58.2 Å². The van der Waals surface area contributed by atoms with Gasteiger partial charge in [-0.05, 0) is 43.2 Å². The van der Waals surface area contributed by atoms with Crippen LogP contribution in [0.25, 0.3) is 21.3 Å². The highest BCUT2D eigenvalue weighted by atomic mass is 35.5. The first kappa shape index (κ1) is 22.3. The standard InChI is InChI=1S/C25H26ClN3O3S/c1-3-16-10-17(12-28-16)32-24-14(2)8-15(26)9-20(24)19-6-7-27-21-11-18(33-25(19)21)13-29-22(30)4-5-23(29)31/h6-9,11,16-17,28H,3-5,10,12-13H2,1-2H3/t16-,17-/m0/s1. The number of likely N-dealkylation sites (tertiary alicyclic amines) is 1. The molecule has 3 aromatic rings. The number of imide groups is 1. The number of aryl methyl sites for hydroxylation is 1. The van der Waals surface area contributed by atoms with Crippen molar-refractivity contribution in [2.24, 2.45) is 0 Å². The summed E-state index contributed by atoms with van der Waals surface area (Å²) in [6.45, 7) is 5.33. The van der Waals surface area contributed by atoms with E-state index >= 15 is 0 Å². The van der Waals surface area contributed by atoms with Crippen LogP contribution in [-0.4, -0.2) is 40.4 Å². The van der Waals surface area contributed by atoms with Crippen LogP contribution in [0.4, 0.5) is 0 Å². The molecule has 2 atom stereocenters. The van der Waals surface area contributed by atoms with Crippen LogP contribution in [0.1, 0.15) is 43.0 Å². The van der Waals surface area contributed by atoms with Gasteiger partial charge in [0.1, 0.15) is 11.9 Å². The van der Waals surface area contributed by atoms with Crippen LogP contribution < -0.4 is 10.1 Å². The van der Waals surface area contributed by atoms with Gasteiger partial charge in [-0.1, -0.05) is 18.5 Å². The summed E-state index contributed by atoms with van der Waals surface area (Å²) < 4.78 is 7.53. The Bertz CT molecular complexity index is 1230. The Morgan fingerprint density at radius 1 is 1.21 bits per heavy atom. The number of nitrogens with zero attached hydrogens (tertiary/aromatic N) is 2. The Hall–Kier alpha value is -2.48. The van der Waals surface area contributed by atoms with Crippen LogP contribution in [0.3, 0.4) is 0 Å². The lowest BCUT2D eigenvalue weighted by Gasteiger charge is -2.19. The average Bonchev–Trinajstić information content (AvgIpc) is 3.50. The normalized spacial score (nSPS) is 20.9. The lowest BCUT2D eigenvalue weighted by Crippen LogP contribution is -2.27.